The minimum atomic E-state index is -0.566. The molecule has 2 rings (SSSR count). The second kappa shape index (κ2) is 5.87. The van der Waals surface area contributed by atoms with Crippen molar-refractivity contribution in [2.75, 3.05) is 11.1 Å². The van der Waals surface area contributed by atoms with E-state index in [1.54, 1.807) is 0 Å². The lowest BCUT2D eigenvalue weighted by molar-refractivity contribution is 0.102. The van der Waals surface area contributed by atoms with Crippen LogP contribution in [0.3, 0.4) is 0 Å². The van der Waals surface area contributed by atoms with Gasteiger partial charge in [-0.1, -0.05) is 34.8 Å². The first-order chi connectivity index (χ1) is 9.38. The number of nitrogens with two attached hydrogens (primary N) is 1. The predicted molar refractivity (Wildman–Crippen MR) is 80.2 cm³/mol. The first-order valence-electron chi connectivity index (χ1n) is 5.39. The summed E-state index contributed by atoms with van der Waals surface area (Å²) in [6.07, 6.45) is 0. The molecule has 0 heterocycles. The molecule has 0 bridgehead atoms. The van der Waals surface area contributed by atoms with Crippen LogP contribution in [0.5, 0.6) is 0 Å². The molecule has 0 aromatic heterocycles. The van der Waals surface area contributed by atoms with E-state index < -0.39 is 11.7 Å². The largest absolute Gasteiger partial charge is 0.397 e. The van der Waals surface area contributed by atoms with E-state index in [-0.39, 0.29) is 26.3 Å². The van der Waals surface area contributed by atoms with Crippen LogP contribution >= 0.6 is 34.8 Å². The van der Waals surface area contributed by atoms with E-state index in [1.807, 2.05) is 0 Å². The molecule has 104 valence electrons. The van der Waals surface area contributed by atoms with Crippen molar-refractivity contribution >= 4 is 52.1 Å². The number of benzene rings is 2. The van der Waals surface area contributed by atoms with Gasteiger partial charge in [-0.05, 0) is 30.3 Å². The number of nitrogens with one attached hydrogen (secondary N) is 1. The van der Waals surface area contributed by atoms with E-state index in [0.717, 1.165) is 6.07 Å². The Morgan fingerprint density at radius 3 is 2.40 bits per heavy atom. The van der Waals surface area contributed by atoms with Gasteiger partial charge in [0.1, 0.15) is 5.82 Å². The Morgan fingerprint density at radius 2 is 1.80 bits per heavy atom. The molecule has 0 atom stereocenters. The first-order valence-corrected chi connectivity index (χ1v) is 6.53. The van der Waals surface area contributed by atoms with Gasteiger partial charge in [-0.25, -0.2) is 4.39 Å². The highest BCUT2D eigenvalue weighted by Gasteiger charge is 2.12. The number of hydrogen-bond acceptors (Lipinski definition) is 2. The average molecular weight is 334 g/mol. The second-order valence-electron chi connectivity index (χ2n) is 3.94. The number of carbonyl (C=O) groups excluding carboxylic acids is 1. The van der Waals surface area contributed by atoms with Crippen molar-refractivity contribution in [2.45, 2.75) is 0 Å². The zero-order valence-electron chi connectivity index (χ0n) is 9.88. The minimum absolute atomic E-state index is 0.0866. The molecule has 0 aliphatic heterocycles. The normalized spacial score (nSPS) is 10.4. The number of hydrogen-bond donors (Lipinski definition) is 2. The molecule has 2 aromatic carbocycles. The van der Waals surface area contributed by atoms with Gasteiger partial charge < -0.3 is 11.1 Å². The van der Waals surface area contributed by atoms with E-state index in [9.17, 15) is 9.18 Å². The monoisotopic (exact) mass is 332 g/mol. The first kappa shape index (κ1) is 14.9. The molecule has 1 amide bonds. The molecule has 0 saturated carbocycles. The summed E-state index contributed by atoms with van der Waals surface area (Å²) in [6.45, 7) is 0. The van der Waals surface area contributed by atoms with Crippen molar-refractivity contribution in [3.05, 3.63) is 56.8 Å². The standard InChI is InChI=1S/C13H8Cl3FN2O/c14-8-5-7(1-2-10(8)17)19-13(20)6-3-9(15)12(16)11(18)4-6/h1-5H,18H2,(H,19,20). The third-order valence-corrected chi connectivity index (χ3v) is 3.60. The van der Waals surface area contributed by atoms with Crippen molar-refractivity contribution in [2.24, 2.45) is 0 Å². The number of nitrogen functional groups attached to an aromatic ring is 1. The molecule has 0 unspecified atom stereocenters. The Morgan fingerprint density at radius 1 is 1.10 bits per heavy atom. The fourth-order valence-corrected chi connectivity index (χ4v) is 2.03. The van der Waals surface area contributed by atoms with Crippen molar-refractivity contribution in [1.29, 1.82) is 0 Å². The van der Waals surface area contributed by atoms with E-state index in [2.05, 4.69) is 5.32 Å². The highest BCUT2D eigenvalue weighted by atomic mass is 35.5. The molecule has 0 radical (unpaired) electrons. The molecule has 2 aromatic rings. The molecular formula is C13H8Cl3FN2O. The Kier molecular flexibility index (Phi) is 4.38. The number of rotatable bonds is 2. The van der Waals surface area contributed by atoms with Gasteiger partial charge in [-0.2, -0.15) is 0 Å². The molecular weight excluding hydrogens is 326 g/mol. The van der Waals surface area contributed by atoms with Gasteiger partial charge in [0.25, 0.3) is 5.91 Å². The number of carbonyl (C=O) groups is 1. The van der Waals surface area contributed by atoms with Crippen molar-refractivity contribution in [3.63, 3.8) is 0 Å². The van der Waals surface area contributed by atoms with Crippen molar-refractivity contribution < 1.29 is 9.18 Å². The van der Waals surface area contributed by atoms with Gasteiger partial charge in [0.15, 0.2) is 0 Å². The summed E-state index contributed by atoms with van der Waals surface area (Å²) in [5.74, 6) is -1.03. The average Bonchev–Trinajstić information content (AvgIpc) is 2.39. The third kappa shape index (κ3) is 3.15. The molecule has 0 aliphatic carbocycles. The summed E-state index contributed by atoms with van der Waals surface area (Å²) in [6, 6.07) is 6.63. The maximum Gasteiger partial charge on any atom is 0.255 e. The fourth-order valence-electron chi connectivity index (χ4n) is 1.52. The topological polar surface area (TPSA) is 55.1 Å². The highest BCUT2D eigenvalue weighted by molar-refractivity contribution is 6.44. The molecule has 7 heteroatoms. The highest BCUT2D eigenvalue weighted by Crippen LogP contribution is 2.29. The van der Waals surface area contributed by atoms with Crippen LogP contribution in [-0.2, 0) is 0 Å². The van der Waals surface area contributed by atoms with Gasteiger partial charge in [0.2, 0.25) is 0 Å². The van der Waals surface area contributed by atoms with Crippen molar-refractivity contribution in [3.8, 4) is 0 Å². The summed E-state index contributed by atoms with van der Waals surface area (Å²) < 4.78 is 13.0. The van der Waals surface area contributed by atoms with E-state index in [4.69, 9.17) is 40.5 Å². The SMILES string of the molecule is Nc1cc(C(=O)Nc2ccc(F)c(Cl)c2)cc(Cl)c1Cl. The minimum Gasteiger partial charge on any atom is -0.397 e. The van der Waals surface area contributed by atoms with Crippen LogP contribution in [0.2, 0.25) is 15.1 Å². The maximum absolute atomic E-state index is 13.0. The lowest BCUT2D eigenvalue weighted by atomic mass is 10.2. The zero-order chi connectivity index (χ0) is 14.9. The summed E-state index contributed by atoms with van der Waals surface area (Å²) in [4.78, 5) is 12.0. The number of halogens is 4. The lowest BCUT2D eigenvalue weighted by Crippen LogP contribution is -2.12. The smallest absolute Gasteiger partial charge is 0.255 e. The summed E-state index contributed by atoms with van der Waals surface area (Å²) >= 11 is 17.3. The Labute approximate surface area is 129 Å². The van der Waals surface area contributed by atoms with E-state index in [0.29, 0.717) is 5.69 Å². The summed E-state index contributed by atoms with van der Waals surface area (Å²) in [5.41, 5.74) is 6.41. The van der Waals surface area contributed by atoms with Crippen LogP contribution in [0.15, 0.2) is 30.3 Å². The van der Waals surface area contributed by atoms with E-state index >= 15 is 0 Å². The summed E-state index contributed by atoms with van der Waals surface area (Å²) in [5, 5.41) is 2.83. The Hall–Kier alpha value is -1.49. The molecule has 3 nitrogen and oxygen atoms in total. The summed E-state index contributed by atoms with van der Waals surface area (Å²) in [7, 11) is 0. The number of anilines is 2. The second-order valence-corrected chi connectivity index (χ2v) is 5.14. The third-order valence-electron chi connectivity index (χ3n) is 2.50. The van der Waals surface area contributed by atoms with Gasteiger partial charge in [-0.15, -0.1) is 0 Å². The van der Waals surface area contributed by atoms with Gasteiger partial charge in [-0.3, -0.25) is 4.79 Å². The molecule has 0 aliphatic rings. The molecule has 3 N–H and O–H groups in total. The molecule has 0 saturated heterocycles. The van der Waals surface area contributed by atoms with Gasteiger partial charge in [0, 0.05) is 11.3 Å². The van der Waals surface area contributed by atoms with Crippen molar-refractivity contribution in [1.82, 2.24) is 0 Å². The van der Waals surface area contributed by atoms with Crippen LogP contribution in [0, 0.1) is 5.82 Å². The van der Waals surface area contributed by atoms with Crippen LogP contribution in [0.1, 0.15) is 10.4 Å². The molecule has 0 spiro atoms. The Bertz CT molecular complexity index is 668. The fraction of sp³-hybridized carbons (Fsp3) is 0. The van der Waals surface area contributed by atoms with E-state index in [1.165, 1.54) is 24.3 Å². The molecule has 20 heavy (non-hydrogen) atoms. The lowest BCUT2D eigenvalue weighted by Gasteiger charge is -2.08. The quantitative estimate of drug-likeness (QED) is 0.788. The maximum atomic E-state index is 13.0. The predicted octanol–water partition coefficient (Wildman–Crippen LogP) is 4.62. The van der Waals surface area contributed by atoms with Crippen LogP contribution in [0.25, 0.3) is 0 Å². The van der Waals surface area contributed by atoms with Gasteiger partial charge >= 0.3 is 0 Å². The number of amides is 1. The Balaban J connectivity index is 2.26. The van der Waals surface area contributed by atoms with Crippen LogP contribution in [0.4, 0.5) is 15.8 Å². The zero-order valence-corrected chi connectivity index (χ0v) is 12.2. The van der Waals surface area contributed by atoms with Crippen LogP contribution in [-0.4, -0.2) is 5.91 Å². The molecule has 0 fully saturated rings. The van der Waals surface area contributed by atoms with Crippen LogP contribution < -0.4 is 11.1 Å². The van der Waals surface area contributed by atoms with Gasteiger partial charge in [0.05, 0.1) is 20.8 Å².